The molecule has 4 heteroatoms. The largest absolute Gasteiger partial charge is 1.00 e. The summed E-state index contributed by atoms with van der Waals surface area (Å²) < 4.78 is 0. The first-order valence-corrected chi connectivity index (χ1v) is 7.15. The van der Waals surface area contributed by atoms with Crippen molar-refractivity contribution in [3.8, 4) is 0 Å². The Hall–Kier alpha value is 0.350. The van der Waals surface area contributed by atoms with Crippen LogP contribution in [0.15, 0.2) is 12.2 Å². The number of hydrogen-bond donors (Lipinski definition) is 1. The van der Waals surface area contributed by atoms with Gasteiger partial charge in [-0.25, -0.2) is 0 Å². The molecule has 0 saturated carbocycles. The molecule has 0 aliphatic carbocycles. The van der Waals surface area contributed by atoms with Gasteiger partial charge in [-0.15, -0.1) is 0 Å². The number of quaternary nitrogens is 1. The van der Waals surface area contributed by atoms with Crippen molar-refractivity contribution in [3.63, 3.8) is 0 Å². The van der Waals surface area contributed by atoms with E-state index in [0.717, 1.165) is 6.54 Å². The van der Waals surface area contributed by atoms with Gasteiger partial charge in [0.1, 0.15) is 0 Å². The molecule has 3 fully saturated rings. The van der Waals surface area contributed by atoms with Gasteiger partial charge in [0.15, 0.2) is 0 Å². The molecule has 3 saturated heterocycles. The van der Waals surface area contributed by atoms with E-state index >= 15 is 0 Å². The number of nitrogens with one attached hydrogen (secondary N) is 1. The Balaban J connectivity index is 0.00000162. The average molecular weight is 365 g/mol. The molecule has 2 atom stereocenters. The number of rotatable bonds is 0. The van der Waals surface area contributed by atoms with Crippen molar-refractivity contribution in [3.05, 3.63) is 12.2 Å². The molecule has 0 aromatic rings. The molecule has 0 aromatic heterocycles. The molecule has 3 heterocycles. The molecule has 0 spiro atoms. The van der Waals surface area contributed by atoms with Gasteiger partial charge in [-0.2, -0.15) is 0 Å². The van der Waals surface area contributed by atoms with E-state index in [9.17, 15) is 0 Å². The number of halogens is 1. The molecule has 0 radical (unpaired) electrons. The number of hydrogen-bond acceptors (Lipinski definition) is 2. The monoisotopic (exact) mass is 365 g/mol. The predicted octanol–water partition coefficient (Wildman–Crippen LogP) is -3.14. The third-order valence-corrected chi connectivity index (χ3v) is 4.04. The van der Waals surface area contributed by atoms with E-state index in [2.05, 4.69) is 23.4 Å². The fourth-order valence-electron chi connectivity index (χ4n) is 3.13. The summed E-state index contributed by atoms with van der Waals surface area (Å²) in [7, 11) is 2.26. The van der Waals surface area contributed by atoms with Crippen molar-refractivity contribution in [2.24, 2.45) is 0 Å². The Labute approximate surface area is 129 Å². The van der Waals surface area contributed by atoms with Crippen LogP contribution in [0.25, 0.3) is 0 Å². The van der Waals surface area contributed by atoms with Gasteiger partial charge >= 0.3 is 0 Å². The zero-order valence-electron chi connectivity index (χ0n) is 11.8. The lowest BCUT2D eigenvalue weighted by molar-refractivity contribution is -0.896. The molecule has 3 aliphatic heterocycles. The predicted molar refractivity (Wildman–Crippen MR) is 72.5 cm³/mol. The van der Waals surface area contributed by atoms with Crippen molar-refractivity contribution in [1.29, 1.82) is 0 Å². The van der Waals surface area contributed by atoms with Gasteiger partial charge in [0, 0.05) is 32.5 Å². The highest BCUT2D eigenvalue weighted by Crippen LogP contribution is 2.03. The van der Waals surface area contributed by atoms with Crippen LogP contribution < -0.4 is 28.9 Å². The van der Waals surface area contributed by atoms with E-state index in [1.165, 1.54) is 70.6 Å². The van der Waals surface area contributed by atoms with Crippen molar-refractivity contribution in [2.45, 2.75) is 19.3 Å². The minimum Gasteiger partial charge on any atom is -1.00 e. The first-order valence-electron chi connectivity index (χ1n) is 7.15. The fraction of sp³-hybridized carbons (Fsp3) is 0.857. The summed E-state index contributed by atoms with van der Waals surface area (Å²) >= 11 is 0. The second-order valence-electron chi connectivity index (χ2n) is 5.82. The molecule has 18 heavy (non-hydrogen) atoms. The molecule has 1 N–H and O–H groups in total. The lowest BCUT2D eigenvalue weighted by Crippen LogP contribution is -3.12. The molecular weight excluding hydrogens is 337 g/mol. The minimum absolute atomic E-state index is 0. The van der Waals surface area contributed by atoms with E-state index < -0.39 is 0 Å². The van der Waals surface area contributed by atoms with E-state index in [-0.39, 0.29) is 24.0 Å². The summed E-state index contributed by atoms with van der Waals surface area (Å²) in [6.45, 7) is 14.3. The van der Waals surface area contributed by atoms with E-state index in [4.69, 9.17) is 0 Å². The van der Waals surface area contributed by atoms with E-state index in [0.29, 0.717) is 0 Å². The maximum absolute atomic E-state index is 4.27. The Kier molecular flexibility index (Phi) is 7.75. The van der Waals surface area contributed by atoms with Crippen molar-refractivity contribution in [2.75, 3.05) is 59.4 Å². The van der Waals surface area contributed by atoms with Crippen molar-refractivity contribution in [1.82, 2.24) is 9.80 Å². The van der Waals surface area contributed by atoms with Crippen LogP contribution in [0.2, 0.25) is 0 Å². The van der Waals surface area contributed by atoms with Crippen LogP contribution in [0.3, 0.4) is 0 Å². The number of nitrogens with zero attached hydrogens (tertiary/aromatic N) is 2. The standard InChI is InChI=1S/C14H27N3.HI/c1-14-12-16-8-3-6-15(2)7-4-9-17(13-14)11-5-10-16;/h1,3-13H2,2H3;1H. The first-order chi connectivity index (χ1) is 8.24. The number of fused-ring (bicyclic) bond motifs is 10. The van der Waals surface area contributed by atoms with Crippen LogP contribution in [-0.2, 0) is 0 Å². The molecule has 3 nitrogen and oxygen atoms in total. The zero-order valence-corrected chi connectivity index (χ0v) is 13.9. The minimum atomic E-state index is 0. The Bertz CT molecular complexity index is 235. The normalized spacial score (nSPS) is 31.9. The summed E-state index contributed by atoms with van der Waals surface area (Å²) in [5.41, 5.74) is 1.44. The average Bonchev–Trinajstić information content (AvgIpc) is 2.23. The molecule has 2 unspecified atom stereocenters. The van der Waals surface area contributed by atoms with Crippen molar-refractivity contribution >= 4 is 0 Å². The van der Waals surface area contributed by atoms with Crippen molar-refractivity contribution < 1.29 is 28.9 Å². The second kappa shape index (κ2) is 8.51. The van der Waals surface area contributed by atoms with Gasteiger partial charge in [0.25, 0.3) is 0 Å². The molecule has 0 aromatic carbocycles. The zero-order chi connectivity index (χ0) is 12.1. The fourth-order valence-corrected chi connectivity index (χ4v) is 3.13. The molecule has 2 bridgehead atoms. The SMILES string of the molecule is C=C1CN2CCCN(C)CCC[NH+](CCC2)C1.[I-]. The summed E-state index contributed by atoms with van der Waals surface area (Å²) in [4.78, 5) is 6.85. The maximum atomic E-state index is 4.27. The lowest BCUT2D eigenvalue weighted by Gasteiger charge is -2.31. The maximum Gasteiger partial charge on any atom is 0.0997 e. The summed E-state index contributed by atoms with van der Waals surface area (Å²) in [5.74, 6) is 0. The van der Waals surface area contributed by atoms with E-state index in [1.54, 1.807) is 4.90 Å². The van der Waals surface area contributed by atoms with Gasteiger partial charge in [-0.1, -0.05) is 6.58 Å². The van der Waals surface area contributed by atoms with Crippen LogP contribution in [0, 0.1) is 0 Å². The first kappa shape index (κ1) is 16.4. The molecule has 106 valence electrons. The highest BCUT2D eigenvalue weighted by atomic mass is 127. The third kappa shape index (κ3) is 5.55. The molecule has 0 amide bonds. The van der Waals surface area contributed by atoms with E-state index in [1.807, 2.05) is 0 Å². The Morgan fingerprint density at radius 1 is 1.00 bits per heavy atom. The molecule has 3 rings (SSSR count). The summed E-state index contributed by atoms with van der Waals surface area (Å²) in [5, 5.41) is 0. The van der Waals surface area contributed by atoms with Gasteiger partial charge in [-0.3, -0.25) is 4.90 Å². The summed E-state index contributed by atoms with van der Waals surface area (Å²) in [6.07, 6.45) is 4.00. The smallest absolute Gasteiger partial charge is 0.0997 e. The Morgan fingerprint density at radius 3 is 2.39 bits per heavy atom. The van der Waals surface area contributed by atoms with Crippen LogP contribution in [0.5, 0.6) is 0 Å². The highest BCUT2D eigenvalue weighted by Gasteiger charge is 2.18. The second-order valence-corrected chi connectivity index (χ2v) is 5.82. The van der Waals surface area contributed by atoms with Gasteiger partial charge < -0.3 is 33.8 Å². The van der Waals surface area contributed by atoms with Crippen LogP contribution in [-0.4, -0.2) is 69.2 Å². The van der Waals surface area contributed by atoms with Gasteiger partial charge in [0.05, 0.1) is 19.6 Å². The lowest BCUT2D eigenvalue weighted by atomic mass is 10.1. The van der Waals surface area contributed by atoms with Gasteiger partial charge in [-0.05, 0) is 32.1 Å². The molecule has 3 aliphatic rings. The van der Waals surface area contributed by atoms with Crippen LogP contribution in [0.4, 0.5) is 0 Å². The third-order valence-electron chi connectivity index (χ3n) is 4.04. The Morgan fingerprint density at radius 2 is 1.61 bits per heavy atom. The van der Waals surface area contributed by atoms with Crippen LogP contribution >= 0.6 is 0 Å². The quantitative estimate of drug-likeness (QED) is 0.360. The summed E-state index contributed by atoms with van der Waals surface area (Å²) in [6, 6.07) is 0. The van der Waals surface area contributed by atoms with Crippen LogP contribution in [0.1, 0.15) is 19.3 Å². The topological polar surface area (TPSA) is 10.9 Å². The molecular formula is C14H28IN3. The van der Waals surface area contributed by atoms with Gasteiger partial charge in [0.2, 0.25) is 0 Å². The highest BCUT2D eigenvalue weighted by molar-refractivity contribution is 4.97.